The number of rotatable bonds is 2. The molecule has 2 heteroatoms. The lowest BCUT2D eigenvalue weighted by Crippen LogP contribution is -2.26. The Morgan fingerprint density at radius 3 is 2.18 bits per heavy atom. The zero-order valence-corrected chi connectivity index (χ0v) is 7.83. The molecular weight excluding hydrogens is 140 g/mol. The summed E-state index contributed by atoms with van der Waals surface area (Å²) in [5, 5.41) is 0. The van der Waals surface area contributed by atoms with Crippen LogP contribution >= 0.6 is 0 Å². The van der Waals surface area contributed by atoms with Crippen LogP contribution in [0.5, 0.6) is 0 Å². The first-order valence-electron chi connectivity index (χ1n) is 4.43. The number of hydrogen-bond acceptors (Lipinski definition) is 2. The van der Waals surface area contributed by atoms with Crippen molar-refractivity contribution in [2.45, 2.75) is 46.0 Å². The van der Waals surface area contributed by atoms with Crippen LogP contribution in [-0.4, -0.2) is 24.9 Å². The second-order valence-corrected chi connectivity index (χ2v) is 3.33. The summed E-state index contributed by atoms with van der Waals surface area (Å²) in [5.41, 5.74) is 0. The SMILES string of the molecule is CCOC1C(C)O[C@@H](C)C1C. The van der Waals surface area contributed by atoms with Crippen LogP contribution in [-0.2, 0) is 9.47 Å². The zero-order chi connectivity index (χ0) is 8.43. The van der Waals surface area contributed by atoms with Gasteiger partial charge in [-0.15, -0.1) is 0 Å². The molecule has 0 amide bonds. The molecule has 0 aromatic heterocycles. The van der Waals surface area contributed by atoms with Gasteiger partial charge in [-0.3, -0.25) is 0 Å². The minimum absolute atomic E-state index is 0.264. The standard InChI is InChI=1S/C9H18O2/c1-5-10-9-6(2)7(3)11-8(9)4/h6-9H,5H2,1-4H3/t6?,7-,8?,9?/m0/s1. The van der Waals surface area contributed by atoms with Crippen molar-refractivity contribution in [3.63, 3.8) is 0 Å². The Hall–Kier alpha value is -0.0800. The first kappa shape index (κ1) is 9.01. The van der Waals surface area contributed by atoms with Crippen LogP contribution in [0.2, 0.25) is 0 Å². The summed E-state index contributed by atoms with van der Waals surface area (Å²) in [5.74, 6) is 0.532. The average Bonchev–Trinajstić information content (AvgIpc) is 2.17. The molecule has 0 saturated carbocycles. The summed E-state index contributed by atoms with van der Waals surface area (Å²) in [7, 11) is 0. The van der Waals surface area contributed by atoms with E-state index in [1.165, 1.54) is 0 Å². The average molecular weight is 158 g/mol. The van der Waals surface area contributed by atoms with Crippen LogP contribution in [0.15, 0.2) is 0 Å². The number of hydrogen-bond donors (Lipinski definition) is 0. The highest BCUT2D eigenvalue weighted by Gasteiger charge is 2.37. The molecule has 1 saturated heterocycles. The predicted octanol–water partition coefficient (Wildman–Crippen LogP) is 1.83. The van der Waals surface area contributed by atoms with Gasteiger partial charge < -0.3 is 9.47 Å². The molecule has 0 aromatic carbocycles. The van der Waals surface area contributed by atoms with Gasteiger partial charge in [0.2, 0.25) is 0 Å². The topological polar surface area (TPSA) is 18.5 Å². The van der Waals surface area contributed by atoms with E-state index in [0.29, 0.717) is 18.1 Å². The summed E-state index contributed by atoms with van der Waals surface area (Å²) in [6, 6.07) is 0. The second kappa shape index (κ2) is 3.55. The molecule has 0 bridgehead atoms. The Morgan fingerprint density at radius 2 is 1.82 bits per heavy atom. The van der Waals surface area contributed by atoms with Gasteiger partial charge in [0.05, 0.1) is 18.3 Å². The van der Waals surface area contributed by atoms with Crippen LogP contribution in [0.1, 0.15) is 27.7 Å². The second-order valence-electron chi connectivity index (χ2n) is 3.33. The van der Waals surface area contributed by atoms with Gasteiger partial charge in [-0.05, 0) is 20.8 Å². The van der Waals surface area contributed by atoms with Gasteiger partial charge in [-0.2, -0.15) is 0 Å². The van der Waals surface area contributed by atoms with E-state index in [9.17, 15) is 0 Å². The van der Waals surface area contributed by atoms with E-state index in [1.54, 1.807) is 0 Å². The third-order valence-electron chi connectivity index (χ3n) is 2.51. The van der Waals surface area contributed by atoms with Crippen molar-refractivity contribution >= 4 is 0 Å². The first-order chi connectivity index (χ1) is 5.16. The summed E-state index contributed by atoms with van der Waals surface area (Å²) in [6.07, 6.45) is 0.913. The van der Waals surface area contributed by atoms with Gasteiger partial charge in [-0.25, -0.2) is 0 Å². The monoisotopic (exact) mass is 158 g/mol. The van der Waals surface area contributed by atoms with E-state index in [2.05, 4.69) is 20.8 Å². The summed E-state index contributed by atoms with van der Waals surface area (Å²) < 4.78 is 11.2. The molecular formula is C9H18O2. The fraction of sp³-hybridized carbons (Fsp3) is 1.00. The molecule has 0 aromatic rings. The van der Waals surface area contributed by atoms with Gasteiger partial charge in [0, 0.05) is 12.5 Å². The molecule has 1 fully saturated rings. The van der Waals surface area contributed by atoms with E-state index in [4.69, 9.17) is 9.47 Å². The Labute approximate surface area is 68.9 Å². The lowest BCUT2D eigenvalue weighted by atomic mass is 10.00. The van der Waals surface area contributed by atoms with Crippen molar-refractivity contribution in [2.24, 2.45) is 5.92 Å². The molecule has 4 atom stereocenters. The molecule has 0 radical (unpaired) electrons. The lowest BCUT2D eigenvalue weighted by molar-refractivity contribution is -0.00888. The van der Waals surface area contributed by atoms with Crippen molar-refractivity contribution in [2.75, 3.05) is 6.61 Å². The Morgan fingerprint density at radius 1 is 1.18 bits per heavy atom. The quantitative estimate of drug-likeness (QED) is 0.610. The highest BCUT2D eigenvalue weighted by Crippen LogP contribution is 2.28. The normalized spacial score (nSPS) is 44.7. The van der Waals surface area contributed by atoms with Crippen LogP contribution in [0, 0.1) is 5.92 Å². The van der Waals surface area contributed by atoms with E-state index < -0.39 is 0 Å². The van der Waals surface area contributed by atoms with Crippen molar-refractivity contribution in [3.05, 3.63) is 0 Å². The van der Waals surface area contributed by atoms with E-state index in [1.807, 2.05) is 6.92 Å². The fourth-order valence-electron chi connectivity index (χ4n) is 1.71. The van der Waals surface area contributed by atoms with Gasteiger partial charge >= 0.3 is 0 Å². The maximum atomic E-state index is 5.61. The minimum atomic E-state index is 0.264. The van der Waals surface area contributed by atoms with Crippen molar-refractivity contribution in [1.29, 1.82) is 0 Å². The van der Waals surface area contributed by atoms with Gasteiger partial charge in [-0.1, -0.05) is 6.92 Å². The highest BCUT2D eigenvalue weighted by atomic mass is 16.6. The highest BCUT2D eigenvalue weighted by molar-refractivity contribution is 4.84. The number of ether oxygens (including phenoxy) is 2. The molecule has 3 unspecified atom stereocenters. The zero-order valence-electron chi connectivity index (χ0n) is 7.83. The lowest BCUT2D eigenvalue weighted by Gasteiger charge is -2.17. The summed E-state index contributed by atoms with van der Waals surface area (Å²) in [6.45, 7) is 9.20. The fourth-order valence-corrected chi connectivity index (χ4v) is 1.71. The largest absolute Gasteiger partial charge is 0.375 e. The van der Waals surface area contributed by atoms with Crippen LogP contribution in [0.25, 0.3) is 0 Å². The molecule has 1 rings (SSSR count). The van der Waals surface area contributed by atoms with E-state index in [-0.39, 0.29) is 6.10 Å². The van der Waals surface area contributed by atoms with Crippen molar-refractivity contribution in [1.82, 2.24) is 0 Å². The van der Waals surface area contributed by atoms with Gasteiger partial charge in [0.25, 0.3) is 0 Å². The molecule has 2 nitrogen and oxygen atoms in total. The summed E-state index contributed by atoms with van der Waals surface area (Å²) >= 11 is 0. The van der Waals surface area contributed by atoms with E-state index in [0.717, 1.165) is 6.61 Å². The maximum Gasteiger partial charge on any atom is 0.0883 e. The van der Waals surface area contributed by atoms with Crippen molar-refractivity contribution in [3.8, 4) is 0 Å². The Balaban J connectivity index is 2.49. The molecule has 0 N–H and O–H groups in total. The van der Waals surface area contributed by atoms with Gasteiger partial charge in [0.1, 0.15) is 0 Å². The van der Waals surface area contributed by atoms with Gasteiger partial charge in [0.15, 0.2) is 0 Å². The predicted molar refractivity (Wildman–Crippen MR) is 44.6 cm³/mol. The van der Waals surface area contributed by atoms with Crippen LogP contribution < -0.4 is 0 Å². The molecule has 0 spiro atoms. The Kier molecular flexibility index (Phi) is 2.90. The molecule has 1 aliphatic heterocycles. The third kappa shape index (κ3) is 1.74. The molecule has 1 heterocycles. The smallest absolute Gasteiger partial charge is 0.0883 e. The maximum absolute atomic E-state index is 5.61. The third-order valence-corrected chi connectivity index (χ3v) is 2.51. The molecule has 0 aliphatic carbocycles. The molecule has 11 heavy (non-hydrogen) atoms. The van der Waals surface area contributed by atoms with Crippen LogP contribution in [0.3, 0.4) is 0 Å². The Bertz CT molecular complexity index is 125. The minimum Gasteiger partial charge on any atom is -0.375 e. The summed E-state index contributed by atoms with van der Waals surface area (Å²) in [4.78, 5) is 0. The molecule has 1 aliphatic rings. The molecule has 66 valence electrons. The first-order valence-corrected chi connectivity index (χ1v) is 4.43. The van der Waals surface area contributed by atoms with E-state index >= 15 is 0 Å². The van der Waals surface area contributed by atoms with Crippen molar-refractivity contribution < 1.29 is 9.47 Å². The van der Waals surface area contributed by atoms with Crippen LogP contribution in [0.4, 0.5) is 0 Å².